The Balaban J connectivity index is 1.85. The summed E-state index contributed by atoms with van der Waals surface area (Å²) in [6.45, 7) is 0.469. The Morgan fingerprint density at radius 2 is 2.17 bits per heavy atom. The second kappa shape index (κ2) is 5.87. The number of nitriles is 1. The summed E-state index contributed by atoms with van der Waals surface area (Å²) in [6, 6.07) is 11.8. The van der Waals surface area contributed by atoms with Crippen LogP contribution in [0.15, 0.2) is 41.8 Å². The zero-order valence-electron chi connectivity index (χ0n) is 9.98. The number of ether oxygens (including phenoxy) is 1. The van der Waals surface area contributed by atoms with Crippen LogP contribution in [0, 0.1) is 11.3 Å². The minimum atomic E-state index is -0.122. The molecule has 0 saturated heterocycles. The van der Waals surface area contributed by atoms with Gasteiger partial charge in [-0.1, -0.05) is 30.3 Å². The number of rotatable bonds is 4. The number of nitrogens with zero attached hydrogens (tertiary/aromatic N) is 1. The van der Waals surface area contributed by atoms with Crippen molar-refractivity contribution in [3.8, 4) is 6.07 Å². The van der Waals surface area contributed by atoms with Gasteiger partial charge in [0.05, 0.1) is 12.2 Å². The third-order valence-corrected chi connectivity index (χ3v) is 2.74. The predicted octanol–water partition coefficient (Wildman–Crippen LogP) is 1.89. The van der Waals surface area contributed by atoms with E-state index in [1.54, 1.807) is 0 Å². The Morgan fingerprint density at radius 3 is 2.89 bits per heavy atom. The molecule has 0 saturated carbocycles. The molecule has 2 rings (SSSR count). The Labute approximate surface area is 106 Å². The van der Waals surface area contributed by atoms with Crippen molar-refractivity contribution in [2.24, 2.45) is 0 Å². The average molecular weight is 242 g/mol. The molecule has 4 nitrogen and oxygen atoms in total. The van der Waals surface area contributed by atoms with Gasteiger partial charge in [0.25, 0.3) is 0 Å². The smallest absolute Gasteiger partial charge is 0.227 e. The molecule has 0 atom stereocenters. The molecule has 0 aliphatic carbocycles. The number of aryl methyl sites for hydroxylation is 1. The van der Waals surface area contributed by atoms with E-state index in [1.165, 1.54) is 0 Å². The van der Waals surface area contributed by atoms with Gasteiger partial charge in [-0.15, -0.1) is 0 Å². The molecule has 92 valence electrons. The summed E-state index contributed by atoms with van der Waals surface area (Å²) in [5.74, 6) is 0.207. The molecule has 0 fully saturated rings. The van der Waals surface area contributed by atoms with Crippen LogP contribution in [0.4, 0.5) is 0 Å². The topological polar surface area (TPSA) is 62.1 Å². The van der Waals surface area contributed by atoms with Crippen LogP contribution in [-0.2, 0) is 16.0 Å². The van der Waals surface area contributed by atoms with Gasteiger partial charge in [0.15, 0.2) is 0 Å². The van der Waals surface area contributed by atoms with Crippen LogP contribution in [0.5, 0.6) is 0 Å². The first-order valence-corrected chi connectivity index (χ1v) is 5.89. The van der Waals surface area contributed by atoms with Crippen LogP contribution in [0.3, 0.4) is 0 Å². The predicted molar refractivity (Wildman–Crippen MR) is 66.1 cm³/mol. The summed E-state index contributed by atoms with van der Waals surface area (Å²) in [5.41, 5.74) is 1.64. The maximum atomic E-state index is 11.7. The Kier molecular flexibility index (Phi) is 3.98. The van der Waals surface area contributed by atoms with E-state index in [-0.39, 0.29) is 5.91 Å². The zero-order chi connectivity index (χ0) is 12.8. The molecule has 0 aromatic heterocycles. The molecule has 0 spiro atoms. The van der Waals surface area contributed by atoms with Gasteiger partial charge in [0.1, 0.15) is 6.07 Å². The standard InChI is InChI=1S/C14H14N2O2/c15-10-12-8-9-18-14(12)16-13(17)7-6-11-4-2-1-3-5-11/h1-5H,6-9H2,(H,16,17). The highest BCUT2D eigenvalue weighted by molar-refractivity contribution is 5.78. The maximum Gasteiger partial charge on any atom is 0.227 e. The molecule has 1 amide bonds. The van der Waals surface area contributed by atoms with Gasteiger partial charge >= 0.3 is 0 Å². The zero-order valence-corrected chi connectivity index (χ0v) is 9.98. The largest absolute Gasteiger partial charge is 0.478 e. The number of carbonyl (C=O) groups excluding carboxylic acids is 1. The molecule has 0 bridgehead atoms. The summed E-state index contributed by atoms with van der Waals surface area (Å²) in [4.78, 5) is 11.7. The first-order valence-electron chi connectivity index (χ1n) is 5.89. The van der Waals surface area contributed by atoms with Gasteiger partial charge in [-0.3, -0.25) is 10.1 Å². The Morgan fingerprint density at radius 1 is 1.39 bits per heavy atom. The minimum absolute atomic E-state index is 0.122. The molecule has 0 radical (unpaired) electrons. The Hall–Kier alpha value is -2.28. The van der Waals surface area contributed by atoms with Crippen LogP contribution < -0.4 is 5.32 Å². The van der Waals surface area contributed by atoms with Crippen molar-refractivity contribution in [1.29, 1.82) is 5.26 Å². The molecule has 4 heteroatoms. The normalized spacial score (nSPS) is 13.9. The number of carbonyl (C=O) groups is 1. The lowest BCUT2D eigenvalue weighted by molar-refractivity contribution is -0.121. The maximum absolute atomic E-state index is 11.7. The quantitative estimate of drug-likeness (QED) is 0.877. The molecule has 1 heterocycles. The van der Waals surface area contributed by atoms with E-state index in [4.69, 9.17) is 10.00 Å². The fraction of sp³-hybridized carbons (Fsp3) is 0.286. The van der Waals surface area contributed by atoms with E-state index in [2.05, 4.69) is 5.32 Å². The molecular formula is C14H14N2O2. The number of nitrogens with one attached hydrogen (secondary N) is 1. The molecule has 1 aromatic carbocycles. The molecule has 1 aromatic rings. The average Bonchev–Trinajstić information content (AvgIpc) is 2.85. The summed E-state index contributed by atoms with van der Waals surface area (Å²) in [6.07, 6.45) is 1.64. The van der Waals surface area contributed by atoms with Gasteiger partial charge in [0, 0.05) is 12.8 Å². The van der Waals surface area contributed by atoms with Crippen molar-refractivity contribution in [3.05, 3.63) is 47.4 Å². The lowest BCUT2D eigenvalue weighted by Crippen LogP contribution is -2.23. The molecule has 0 unspecified atom stereocenters. The van der Waals surface area contributed by atoms with Crippen LogP contribution >= 0.6 is 0 Å². The second-order valence-corrected chi connectivity index (χ2v) is 4.05. The van der Waals surface area contributed by atoms with Crippen LogP contribution in [0.25, 0.3) is 0 Å². The lowest BCUT2D eigenvalue weighted by atomic mass is 10.1. The van der Waals surface area contributed by atoms with Crippen molar-refractivity contribution in [2.45, 2.75) is 19.3 Å². The second-order valence-electron chi connectivity index (χ2n) is 4.05. The summed E-state index contributed by atoms with van der Waals surface area (Å²) < 4.78 is 5.20. The number of amides is 1. The van der Waals surface area contributed by atoms with Crippen molar-refractivity contribution in [2.75, 3.05) is 6.61 Å². The molecule has 1 aliphatic rings. The highest BCUT2D eigenvalue weighted by Gasteiger charge is 2.17. The number of hydrogen-bond acceptors (Lipinski definition) is 3. The van der Waals surface area contributed by atoms with Crippen molar-refractivity contribution in [1.82, 2.24) is 5.32 Å². The first kappa shape index (κ1) is 12.2. The highest BCUT2D eigenvalue weighted by Crippen LogP contribution is 2.15. The van der Waals surface area contributed by atoms with E-state index in [0.29, 0.717) is 37.3 Å². The Bertz CT molecular complexity index is 500. The van der Waals surface area contributed by atoms with Crippen LogP contribution in [-0.4, -0.2) is 12.5 Å². The van der Waals surface area contributed by atoms with Gasteiger partial charge in [-0.05, 0) is 12.0 Å². The van der Waals surface area contributed by atoms with Gasteiger partial charge in [-0.2, -0.15) is 5.26 Å². The monoisotopic (exact) mass is 242 g/mol. The van der Waals surface area contributed by atoms with Gasteiger partial charge < -0.3 is 4.74 Å². The number of hydrogen-bond donors (Lipinski definition) is 1. The lowest BCUT2D eigenvalue weighted by Gasteiger charge is -2.06. The van der Waals surface area contributed by atoms with E-state index >= 15 is 0 Å². The van der Waals surface area contributed by atoms with E-state index in [0.717, 1.165) is 5.56 Å². The molecule has 18 heavy (non-hydrogen) atoms. The first-order chi connectivity index (χ1) is 8.79. The van der Waals surface area contributed by atoms with Crippen LogP contribution in [0.1, 0.15) is 18.4 Å². The third kappa shape index (κ3) is 3.11. The van der Waals surface area contributed by atoms with Gasteiger partial charge in [-0.25, -0.2) is 0 Å². The molecular weight excluding hydrogens is 228 g/mol. The van der Waals surface area contributed by atoms with E-state index in [1.807, 2.05) is 36.4 Å². The van der Waals surface area contributed by atoms with Crippen LogP contribution in [0.2, 0.25) is 0 Å². The summed E-state index contributed by atoms with van der Waals surface area (Å²) in [5, 5.41) is 11.5. The third-order valence-electron chi connectivity index (χ3n) is 2.74. The summed E-state index contributed by atoms with van der Waals surface area (Å²) in [7, 11) is 0. The van der Waals surface area contributed by atoms with Crippen molar-refractivity contribution >= 4 is 5.91 Å². The summed E-state index contributed by atoms with van der Waals surface area (Å²) >= 11 is 0. The van der Waals surface area contributed by atoms with Gasteiger partial charge in [0.2, 0.25) is 11.8 Å². The molecule has 1 aliphatic heterocycles. The van der Waals surface area contributed by atoms with E-state index in [9.17, 15) is 4.79 Å². The van der Waals surface area contributed by atoms with E-state index < -0.39 is 0 Å². The fourth-order valence-corrected chi connectivity index (χ4v) is 1.77. The molecule has 1 N–H and O–H groups in total. The minimum Gasteiger partial charge on any atom is -0.478 e. The van der Waals surface area contributed by atoms with Crippen molar-refractivity contribution in [3.63, 3.8) is 0 Å². The van der Waals surface area contributed by atoms with Crippen molar-refractivity contribution < 1.29 is 9.53 Å². The SMILES string of the molecule is N#CC1=C(NC(=O)CCc2ccccc2)OCC1. The fourth-order valence-electron chi connectivity index (χ4n) is 1.77. The highest BCUT2D eigenvalue weighted by atomic mass is 16.5. The number of benzene rings is 1.